The average molecular weight is 449 g/mol. The largest absolute Gasteiger partial charge is 0.508 e. The van der Waals surface area contributed by atoms with Gasteiger partial charge >= 0.3 is 5.97 Å². The first-order chi connectivity index (χ1) is 15.1. The first-order valence-corrected chi connectivity index (χ1v) is 10.0. The van der Waals surface area contributed by atoms with Gasteiger partial charge in [-0.2, -0.15) is 0 Å². The van der Waals surface area contributed by atoms with Gasteiger partial charge in [-0.3, -0.25) is 19.2 Å². The highest BCUT2D eigenvalue weighted by Gasteiger charge is 2.36. The van der Waals surface area contributed by atoms with Crippen LogP contribution in [0.4, 0.5) is 0 Å². The highest BCUT2D eigenvalue weighted by atomic mass is 16.4. The van der Waals surface area contributed by atoms with Gasteiger partial charge in [-0.15, -0.1) is 0 Å². The lowest BCUT2D eigenvalue weighted by Crippen LogP contribution is -2.56. The zero-order chi connectivity index (χ0) is 23.8. The highest BCUT2D eigenvalue weighted by molar-refractivity contribution is 5.94. The summed E-state index contributed by atoms with van der Waals surface area (Å²) < 4.78 is 0. The molecule has 1 aromatic rings. The summed E-state index contributed by atoms with van der Waals surface area (Å²) in [5.74, 6) is -4.18. The van der Waals surface area contributed by atoms with Crippen LogP contribution in [0.2, 0.25) is 0 Å². The Bertz CT molecular complexity index is 874. The number of hydrogen-bond acceptors (Lipinski definition) is 7. The molecule has 8 N–H and O–H groups in total. The second kappa shape index (κ2) is 11.1. The van der Waals surface area contributed by atoms with Crippen LogP contribution in [0, 0.1) is 0 Å². The summed E-state index contributed by atoms with van der Waals surface area (Å²) in [6, 6.07) is 2.30. The molecule has 0 spiro atoms. The third kappa shape index (κ3) is 6.67. The normalized spacial score (nSPS) is 17.3. The van der Waals surface area contributed by atoms with E-state index in [0.29, 0.717) is 24.9 Å². The third-order valence-electron chi connectivity index (χ3n) is 5.08. The second-order valence-corrected chi connectivity index (χ2v) is 7.45. The zero-order valence-electron chi connectivity index (χ0n) is 17.3. The molecule has 32 heavy (non-hydrogen) atoms. The Morgan fingerprint density at radius 1 is 1.09 bits per heavy atom. The van der Waals surface area contributed by atoms with Crippen LogP contribution in [-0.2, 0) is 30.4 Å². The molecule has 2 rings (SSSR count). The topological polar surface area (TPSA) is 205 Å². The molecule has 1 heterocycles. The van der Waals surface area contributed by atoms with E-state index >= 15 is 0 Å². The third-order valence-corrected chi connectivity index (χ3v) is 5.08. The molecule has 174 valence electrons. The molecule has 0 aliphatic carbocycles. The average Bonchev–Trinajstić information content (AvgIpc) is 3.23. The SMILES string of the molecule is NCC(=O)N1CCCC1C(=O)NC(Cc1ccc(O)cc1)C(=O)NC(CC(N)=O)C(=O)O. The van der Waals surface area contributed by atoms with Gasteiger partial charge in [0.1, 0.15) is 23.9 Å². The van der Waals surface area contributed by atoms with E-state index in [0.717, 1.165) is 0 Å². The molecule has 12 heteroatoms. The second-order valence-electron chi connectivity index (χ2n) is 7.45. The summed E-state index contributed by atoms with van der Waals surface area (Å²) in [7, 11) is 0. The molecule has 1 aliphatic rings. The molecule has 3 unspecified atom stereocenters. The fraction of sp³-hybridized carbons (Fsp3) is 0.450. The van der Waals surface area contributed by atoms with E-state index in [1.165, 1.54) is 17.0 Å². The molecular weight excluding hydrogens is 422 g/mol. The van der Waals surface area contributed by atoms with Gasteiger partial charge in [0.15, 0.2) is 0 Å². The first kappa shape index (κ1) is 24.6. The van der Waals surface area contributed by atoms with Crippen molar-refractivity contribution in [3.63, 3.8) is 0 Å². The van der Waals surface area contributed by atoms with Crippen LogP contribution in [0.25, 0.3) is 0 Å². The van der Waals surface area contributed by atoms with Gasteiger partial charge in [0.05, 0.1) is 13.0 Å². The van der Waals surface area contributed by atoms with E-state index in [4.69, 9.17) is 11.5 Å². The minimum Gasteiger partial charge on any atom is -0.508 e. The number of carbonyl (C=O) groups excluding carboxylic acids is 4. The first-order valence-electron chi connectivity index (χ1n) is 10.0. The lowest BCUT2D eigenvalue weighted by Gasteiger charge is -2.26. The molecular formula is C20H27N5O7. The number of nitrogens with two attached hydrogens (primary N) is 2. The van der Waals surface area contributed by atoms with E-state index in [1.54, 1.807) is 12.1 Å². The van der Waals surface area contributed by atoms with E-state index < -0.39 is 54.1 Å². The standard InChI is InChI=1S/C20H27N5O7/c21-10-17(28)25-7-1-2-15(25)19(30)23-13(8-11-3-5-12(26)6-4-11)18(29)24-14(20(31)32)9-16(22)27/h3-6,13-15,26H,1-2,7-10,21H2,(H2,22,27)(H,23,30)(H,24,29)(H,31,32). The predicted octanol–water partition coefficient (Wildman–Crippen LogP) is -2.19. The zero-order valence-corrected chi connectivity index (χ0v) is 17.3. The number of nitrogens with zero attached hydrogens (tertiary/aromatic N) is 1. The Kier molecular flexibility index (Phi) is 8.53. The maximum Gasteiger partial charge on any atom is 0.326 e. The van der Waals surface area contributed by atoms with E-state index in [1.807, 2.05) is 0 Å². The van der Waals surface area contributed by atoms with Crippen molar-refractivity contribution in [1.82, 2.24) is 15.5 Å². The predicted molar refractivity (Wildman–Crippen MR) is 111 cm³/mol. The molecule has 0 saturated carbocycles. The van der Waals surface area contributed by atoms with Crippen LogP contribution < -0.4 is 22.1 Å². The van der Waals surface area contributed by atoms with Gasteiger partial charge in [-0.05, 0) is 30.5 Å². The minimum atomic E-state index is -1.57. The number of phenols is 1. The Balaban J connectivity index is 2.21. The van der Waals surface area contributed by atoms with Crippen molar-refractivity contribution >= 4 is 29.6 Å². The van der Waals surface area contributed by atoms with Gasteiger partial charge in [-0.25, -0.2) is 4.79 Å². The number of rotatable bonds is 10. The van der Waals surface area contributed by atoms with Crippen molar-refractivity contribution in [2.24, 2.45) is 11.5 Å². The smallest absolute Gasteiger partial charge is 0.326 e. The van der Waals surface area contributed by atoms with Crippen molar-refractivity contribution in [3.05, 3.63) is 29.8 Å². The Hall–Kier alpha value is -3.67. The number of hydrogen-bond donors (Lipinski definition) is 6. The van der Waals surface area contributed by atoms with Gasteiger partial charge in [-0.1, -0.05) is 12.1 Å². The number of aliphatic carboxylic acids is 1. The summed E-state index contributed by atoms with van der Waals surface area (Å²) >= 11 is 0. The quantitative estimate of drug-likeness (QED) is 0.231. The summed E-state index contributed by atoms with van der Waals surface area (Å²) in [5, 5.41) is 23.5. The lowest BCUT2D eigenvalue weighted by molar-refractivity contribution is -0.144. The van der Waals surface area contributed by atoms with Crippen LogP contribution in [0.3, 0.4) is 0 Å². The van der Waals surface area contributed by atoms with E-state index in [-0.39, 0.29) is 18.7 Å². The molecule has 1 saturated heterocycles. The number of phenolic OH excluding ortho intramolecular Hbond substituents is 1. The van der Waals surface area contributed by atoms with Crippen molar-refractivity contribution in [1.29, 1.82) is 0 Å². The number of carbonyl (C=O) groups is 5. The van der Waals surface area contributed by atoms with Crippen LogP contribution >= 0.6 is 0 Å². The van der Waals surface area contributed by atoms with E-state index in [2.05, 4.69) is 10.6 Å². The van der Waals surface area contributed by atoms with Gasteiger partial charge in [0.25, 0.3) is 0 Å². The number of aromatic hydroxyl groups is 1. The van der Waals surface area contributed by atoms with Gasteiger partial charge in [0.2, 0.25) is 23.6 Å². The molecule has 1 aromatic carbocycles. The molecule has 12 nitrogen and oxygen atoms in total. The summed E-state index contributed by atoms with van der Waals surface area (Å²) in [4.78, 5) is 61.6. The number of amides is 4. The van der Waals surface area contributed by atoms with Crippen LogP contribution in [0.1, 0.15) is 24.8 Å². The molecule has 0 radical (unpaired) electrons. The van der Waals surface area contributed by atoms with E-state index in [9.17, 15) is 34.2 Å². The molecule has 4 amide bonds. The number of nitrogens with one attached hydrogen (secondary N) is 2. The number of carboxylic acid groups (broad SMARTS) is 1. The van der Waals surface area contributed by atoms with Crippen LogP contribution in [0.15, 0.2) is 24.3 Å². The Labute approximate surface area is 183 Å². The van der Waals surface area contributed by atoms with Crippen molar-refractivity contribution in [3.8, 4) is 5.75 Å². The number of primary amides is 1. The fourth-order valence-corrected chi connectivity index (χ4v) is 3.47. The maximum atomic E-state index is 12.9. The molecule has 1 aliphatic heterocycles. The molecule has 0 bridgehead atoms. The minimum absolute atomic E-state index is 0.00748. The van der Waals surface area contributed by atoms with Gasteiger partial charge in [0, 0.05) is 13.0 Å². The molecule has 1 fully saturated rings. The Morgan fingerprint density at radius 3 is 2.31 bits per heavy atom. The molecule has 0 aromatic heterocycles. The summed E-state index contributed by atoms with van der Waals surface area (Å²) in [6.07, 6.45) is 0.337. The van der Waals surface area contributed by atoms with Gasteiger partial charge < -0.3 is 37.2 Å². The van der Waals surface area contributed by atoms with Crippen molar-refractivity contribution in [2.75, 3.05) is 13.1 Å². The lowest BCUT2D eigenvalue weighted by atomic mass is 10.0. The number of likely N-dealkylation sites (tertiary alicyclic amines) is 1. The monoisotopic (exact) mass is 449 g/mol. The number of benzene rings is 1. The fourth-order valence-electron chi connectivity index (χ4n) is 3.47. The summed E-state index contributed by atoms with van der Waals surface area (Å²) in [5.41, 5.74) is 11.0. The number of carboxylic acids is 1. The summed E-state index contributed by atoms with van der Waals surface area (Å²) in [6.45, 7) is 0.108. The van der Waals surface area contributed by atoms with Crippen LogP contribution in [-0.4, -0.2) is 75.9 Å². The maximum absolute atomic E-state index is 12.9. The highest BCUT2D eigenvalue weighted by Crippen LogP contribution is 2.18. The Morgan fingerprint density at radius 2 is 1.75 bits per heavy atom. The molecule has 3 atom stereocenters. The van der Waals surface area contributed by atoms with Crippen LogP contribution in [0.5, 0.6) is 5.75 Å². The van der Waals surface area contributed by atoms with Crippen molar-refractivity contribution < 1.29 is 34.2 Å². The van der Waals surface area contributed by atoms with Crippen molar-refractivity contribution in [2.45, 2.75) is 43.8 Å².